The summed E-state index contributed by atoms with van der Waals surface area (Å²) in [6.45, 7) is 1.89. The largest absolute Gasteiger partial charge is 0.468 e. The van der Waals surface area contributed by atoms with Gasteiger partial charge in [-0.05, 0) is 30.7 Å². The zero-order valence-corrected chi connectivity index (χ0v) is 16.0. The first-order valence-electron chi connectivity index (χ1n) is 8.66. The molecule has 150 valence electrons. The van der Waals surface area contributed by atoms with Gasteiger partial charge in [0.05, 0.1) is 11.2 Å². The minimum Gasteiger partial charge on any atom is -0.468 e. The van der Waals surface area contributed by atoms with Crippen LogP contribution in [-0.4, -0.2) is 40.1 Å². The van der Waals surface area contributed by atoms with Crippen LogP contribution >= 0.6 is 0 Å². The Morgan fingerprint density at radius 1 is 1.11 bits per heavy atom. The predicted octanol–water partition coefficient (Wildman–Crippen LogP) is 1.17. The molecule has 2 amide bonds. The molecule has 2 heterocycles. The van der Waals surface area contributed by atoms with Crippen LogP contribution < -0.4 is 20.1 Å². The molecule has 0 fully saturated rings. The summed E-state index contributed by atoms with van der Waals surface area (Å²) >= 11 is 0. The second-order valence-electron chi connectivity index (χ2n) is 6.03. The molecular formula is C18H20N2O7S. The molecule has 2 aromatic rings. The second kappa shape index (κ2) is 8.34. The molecule has 0 spiro atoms. The van der Waals surface area contributed by atoms with Gasteiger partial charge in [-0.25, -0.2) is 8.42 Å². The Morgan fingerprint density at radius 2 is 1.86 bits per heavy atom. The van der Waals surface area contributed by atoms with E-state index in [4.69, 9.17) is 13.9 Å². The highest BCUT2D eigenvalue weighted by atomic mass is 32.2. The minimum atomic E-state index is -3.96. The molecule has 0 bridgehead atoms. The molecule has 2 N–H and O–H groups in total. The molecule has 10 heteroatoms. The summed E-state index contributed by atoms with van der Waals surface area (Å²) in [5.41, 5.74) is 0. The molecule has 1 aromatic heterocycles. The SMILES string of the molecule is CCCNC(=O)C(=O)NC[C@H](c1ccco1)S(=O)(=O)c1ccc2c(c1)OCO2. The third-order valence-corrected chi connectivity index (χ3v) is 6.16. The Labute approximate surface area is 161 Å². The molecule has 9 nitrogen and oxygen atoms in total. The van der Waals surface area contributed by atoms with Gasteiger partial charge in [0, 0.05) is 19.2 Å². The van der Waals surface area contributed by atoms with Crippen LogP contribution in [0.2, 0.25) is 0 Å². The monoisotopic (exact) mass is 408 g/mol. The van der Waals surface area contributed by atoms with Crippen LogP contribution in [0.15, 0.2) is 45.9 Å². The average molecular weight is 408 g/mol. The molecule has 0 saturated carbocycles. The van der Waals surface area contributed by atoms with Crippen molar-refractivity contribution in [2.24, 2.45) is 0 Å². The number of carbonyl (C=O) groups is 2. The molecule has 1 atom stereocenters. The molecule has 28 heavy (non-hydrogen) atoms. The van der Waals surface area contributed by atoms with Gasteiger partial charge in [-0.3, -0.25) is 9.59 Å². The molecule has 0 radical (unpaired) electrons. The quantitative estimate of drug-likeness (QED) is 0.659. The van der Waals surface area contributed by atoms with Crippen LogP contribution in [0.25, 0.3) is 0 Å². The van der Waals surface area contributed by atoms with Crippen molar-refractivity contribution in [1.29, 1.82) is 0 Å². The standard InChI is InChI=1S/C18H20N2O7S/c1-2-7-19-17(21)18(22)20-10-16(14-4-3-8-25-14)28(23,24)12-5-6-13-15(9-12)27-11-26-13/h3-6,8-9,16H,2,7,10-11H2,1H3,(H,19,21)(H,20,22)/t16-/m1/s1. The molecule has 1 aliphatic heterocycles. The van der Waals surface area contributed by atoms with Gasteiger partial charge in [-0.1, -0.05) is 6.92 Å². The first-order valence-corrected chi connectivity index (χ1v) is 10.2. The van der Waals surface area contributed by atoms with E-state index in [9.17, 15) is 18.0 Å². The lowest BCUT2D eigenvalue weighted by molar-refractivity contribution is -0.139. The lowest BCUT2D eigenvalue weighted by Gasteiger charge is -2.17. The van der Waals surface area contributed by atoms with Crippen molar-refractivity contribution >= 4 is 21.7 Å². The average Bonchev–Trinajstić information content (AvgIpc) is 3.36. The van der Waals surface area contributed by atoms with E-state index in [2.05, 4.69) is 10.6 Å². The Morgan fingerprint density at radius 3 is 2.57 bits per heavy atom. The highest BCUT2D eigenvalue weighted by Gasteiger charge is 2.33. The number of nitrogens with one attached hydrogen (secondary N) is 2. The topological polar surface area (TPSA) is 124 Å². The maximum Gasteiger partial charge on any atom is 0.309 e. The van der Waals surface area contributed by atoms with E-state index in [1.807, 2.05) is 6.92 Å². The van der Waals surface area contributed by atoms with E-state index < -0.39 is 26.9 Å². The van der Waals surface area contributed by atoms with Crippen molar-refractivity contribution in [1.82, 2.24) is 10.6 Å². The predicted molar refractivity (Wildman–Crippen MR) is 97.5 cm³/mol. The van der Waals surface area contributed by atoms with Gasteiger partial charge in [-0.2, -0.15) is 0 Å². The first kappa shape index (κ1) is 19.7. The summed E-state index contributed by atoms with van der Waals surface area (Å²) in [5.74, 6) is -0.810. The fraction of sp³-hybridized carbons (Fsp3) is 0.333. The van der Waals surface area contributed by atoms with Crippen molar-refractivity contribution in [3.05, 3.63) is 42.4 Å². The number of sulfone groups is 1. The van der Waals surface area contributed by atoms with Gasteiger partial charge in [0.25, 0.3) is 0 Å². The number of benzene rings is 1. The van der Waals surface area contributed by atoms with Crippen LogP contribution in [0, 0.1) is 0 Å². The van der Waals surface area contributed by atoms with Gasteiger partial charge < -0.3 is 24.5 Å². The van der Waals surface area contributed by atoms with Crippen LogP contribution in [0.5, 0.6) is 11.5 Å². The van der Waals surface area contributed by atoms with E-state index in [1.165, 1.54) is 30.5 Å². The van der Waals surface area contributed by atoms with Gasteiger partial charge >= 0.3 is 11.8 Å². The number of amides is 2. The molecule has 0 saturated heterocycles. The zero-order chi connectivity index (χ0) is 20.1. The molecule has 1 aliphatic rings. The third-order valence-electron chi connectivity index (χ3n) is 4.10. The van der Waals surface area contributed by atoms with Crippen LogP contribution in [-0.2, 0) is 19.4 Å². The zero-order valence-electron chi connectivity index (χ0n) is 15.1. The van der Waals surface area contributed by atoms with Gasteiger partial charge in [0.1, 0.15) is 11.0 Å². The Kier molecular flexibility index (Phi) is 5.88. The van der Waals surface area contributed by atoms with Crippen molar-refractivity contribution in [3.63, 3.8) is 0 Å². The maximum atomic E-state index is 13.2. The number of furan rings is 1. The number of fused-ring (bicyclic) bond motifs is 1. The normalized spacial score (nSPS) is 13.8. The van der Waals surface area contributed by atoms with Crippen LogP contribution in [0.1, 0.15) is 24.4 Å². The van der Waals surface area contributed by atoms with Gasteiger partial charge in [0.2, 0.25) is 6.79 Å². The fourth-order valence-corrected chi connectivity index (χ4v) is 4.24. The van der Waals surface area contributed by atoms with E-state index >= 15 is 0 Å². The second-order valence-corrected chi connectivity index (χ2v) is 8.16. The Bertz CT molecular complexity index is 954. The summed E-state index contributed by atoms with van der Waals surface area (Å²) in [5, 5.41) is 3.58. The molecule has 0 unspecified atom stereocenters. The lowest BCUT2D eigenvalue weighted by atomic mass is 10.3. The molecular weight excluding hydrogens is 388 g/mol. The van der Waals surface area contributed by atoms with E-state index in [0.717, 1.165) is 0 Å². The molecule has 0 aliphatic carbocycles. The van der Waals surface area contributed by atoms with Crippen LogP contribution in [0.3, 0.4) is 0 Å². The third kappa shape index (κ3) is 4.11. The van der Waals surface area contributed by atoms with Gasteiger partial charge in [0.15, 0.2) is 21.3 Å². The highest BCUT2D eigenvalue weighted by molar-refractivity contribution is 7.91. The first-order chi connectivity index (χ1) is 13.4. The Hall–Kier alpha value is -3.01. The van der Waals surface area contributed by atoms with Gasteiger partial charge in [-0.15, -0.1) is 0 Å². The molecule has 1 aromatic carbocycles. The van der Waals surface area contributed by atoms with Crippen molar-refractivity contribution in [2.45, 2.75) is 23.5 Å². The maximum absolute atomic E-state index is 13.2. The molecule has 3 rings (SSSR count). The number of ether oxygens (including phenoxy) is 2. The number of rotatable bonds is 7. The number of carbonyl (C=O) groups excluding carboxylic acids is 2. The number of hydrogen-bond acceptors (Lipinski definition) is 7. The van der Waals surface area contributed by atoms with E-state index in [-0.39, 0.29) is 24.0 Å². The van der Waals surface area contributed by atoms with Crippen molar-refractivity contribution in [2.75, 3.05) is 19.9 Å². The van der Waals surface area contributed by atoms with E-state index in [0.29, 0.717) is 24.5 Å². The van der Waals surface area contributed by atoms with Crippen molar-refractivity contribution < 1.29 is 31.9 Å². The fourth-order valence-electron chi connectivity index (χ4n) is 2.64. The number of hydrogen-bond donors (Lipinski definition) is 2. The summed E-state index contributed by atoms with van der Waals surface area (Å²) in [6, 6.07) is 7.31. The van der Waals surface area contributed by atoms with Crippen LogP contribution in [0.4, 0.5) is 0 Å². The summed E-state index contributed by atoms with van der Waals surface area (Å²) in [4.78, 5) is 23.7. The Balaban J connectivity index is 1.82. The highest BCUT2D eigenvalue weighted by Crippen LogP contribution is 2.37. The van der Waals surface area contributed by atoms with E-state index in [1.54, 1.807) is 6.07 Å². The van der Waals surface area contributed by atoms with Crippen molar-refractivity contribution in [3.8, 4) is 11.5 Å². The lowest BCUT2D eigenvalue weighted by Crippen LogP contribution is -2.42. The summed E-state index contributed by atoms with van der Waals surface area (Å²) in [7, 11) is -3.96. The smallest absolute Gasteiger partial charge is 0.309 e. The summed E-state index contributed by atoms with van der Waals surface area (Å²) < 4.78 is 42.1. The minimum absolute atomic E-state index is 0.0113. The summed E-state index contributed by atoms with van der Waals surface area (Å²) in [6.07, 6.45) is 2.01.